The van der Waals surface area contributed by atoms with Crippen LogP contribution in [0.3, 0.4) is 0 Å². The van der Waals surface area contributed by atoms with Gasteiger partial charge in [0, 0.05) is 6.07 Å². The average molecular weight is 275 g/mol. The monoisotopic (exact) mass is 275 g/mol. The van der Waals surface area contributed by atoms with E-state index in [0.717, 1.165) is 16.9 Å². The molecule has 2 rings (SSSR count). The van der Waals surface area contributed by atoms with Crippen LogP contribution in [-0.2, 0) is 6.61 Å². The minimum Gasteiger partial charge on any atom is -0.485 e. The van der Waals surface area contributed by atoms with Crippen LogP contribution in [0.5, 0.6) is 5.75 Å². The maximum Gasteiger partial charge on any atom is 0.287 e. The molecular formula is C14H17N3O3. The van der Waals surface area contributed by atoms with E-state index in [2.05, 4.69) is 17.3 Å². The van der Waals surface area contributed by atoms with Gasteiger partial charge in [-0.2, -0.15) is 0 Å². The lowest BCUT2D eigenvalue weighted by Gasteiger charge is -2.11. The Morgan fingerprint density at radius 3 is 2.55 bits per heavy atom. The number of carbonyl (C=O) groups excluding carboxylic acids is 1. The Balaban J connectivity index is 2.09. The molecule has 0 spiro atoms. The number of benzene rings is 1. The van der Waals surface area contributed by atoms with Gasteiger partial charge in [-0.3, -0.25) is 10.2 Å². The molecule has 106 valence electrons. The van der Waals surface area contributed by atoms with E-state index in [0.29, 0.717) is 5.76 Å². The predicted octanol–water partition coefficient (Wildman–Crippen LogP) is 1.78. The number of carbonyl (C=O) groups is 1. The molecule has 3 N–H and O–H groups in total. The summed E-state index contributed by atoms with van der Waals surface area (Å²) in [7, 11) is 0. The van der Waals surface area contributed by atoms with Crippen molar-refractivity contribution in [2.24, 2.45) is 5.84 Å². The summed E-state index contributed by atoms with van der Waals surface area (Å²) < 4.78 is 10.8. The van der Waals surface area contributed by atoms with Gasteiger partial charge in [0.2, 0.25) is 0 Å². The Morgan fingerprint density at radius 1 is 1.30 bits per heavy atom. The van der Waals surface area contributed by atoms with Crippen molar-refractivity contribution in [3.05, 3.63) is 46.3 Å². The van der Waals surface area contributed by atoms with Crippen molar-refractivity contribution >= 4 is 5.91 Å². The number of rotatable bonds is 4. The van der Waals surface area contributed by atoms with Crippen LogP contribution in [0, 0.1) is 20.8 Å². The van der Waals surface area contributed by atoms with Crippen LogP contribution in [0.2, 0.25) is 0 Å². The van der Waals surface area contributed by atoms with E-state index in [1.807, 2.05) is 26.2 Å². The summed E-state index contributed by atoms with van der Waals surface area (Å²) in [5.74, 6) is 5.80. The number of aryl methyl sites for hydroxylation is 3. The standard InChI is InChI=1S/C14H17N3O3/c1-8-4-9(2)13(10(3)5-8)19-7-11-6-12(17-20-11)14(18)16-15/h4-6H,7,15H2,1-3H3,(H,16,18). The van der Waals surface area contributed by atoms with Crippen LogP contribution >= 0.6 is 0 Å². The molecule has 0 atom stereocenters. The van der Waals surface area contributed by atoms with Crippen molar-refractivity contribution in [3.8, 4) is 5.75 Å². The lowest BCUT2D eigenvalue weighted by Crippen LogP contribution is -2.30. The molecule has 0 aliphatic carbocycles. The van der Waals surface area contributed by atoms with E-state index in [1.165, 1.54) is 11.6 Å². The highest BCUT2D eigenvalue weighted by Gasteiger charge is 2.12. The zero-order valence-electron chi connectivity index (χ0n) is 11.7. The third kappa shape index (κ3) is 2.97. The third-order valence-corrected chi connectivity index (χ3v) is 2.89. The van der Waals surface area contributed by atoms with Crippen molar-refractivity contribution in [1.29, 1.82) is 0 Å². The second-order valence-electron chi connectivity index (χ2n) is 4.67. The summed E-state index contributed by atoms with van der Waals surface area (Å²) in [5, 5.41) is 3.61. The van der Waals surface area contributed by atoms with E-state index >= 15 is 0 Å². The summed E-state index contributed by atoms with van der Waals surface area (Å²) in [6.07, 6.45) is 0. The summed E-state index contributed by atoms with van der Waals surface area (Å²) in [4.78, 5) is 11.2. The zero-order valence-corrected chi connectivity index (χ0v) is 11.7. The second kappa shape index (κ2) is 5.75. The van der Waals surface area contributed by atoms with Gasteiger partial charge in [-0.15, -0.1) is 0 Å². The minimum atomic E-state index is -0.498. The molecule has 1 amide bonds. The first-order valence-corrected chi connectivity index (χ1v) is 6.18. The first kappa shape index (κ1) is 14.1. The molecule has 6 heteroatoms. The molecule has 6 nitrogen and oxygen atoms in total. The van der Waals surface area contributed by atoms with E-state index in [1.54, 1.807) is 0 Å². The van der Waals surface area contributed by atoms with Gasteiger partial charge in [0.25, 0.3) is 5.91 Å². The molecular weight excluding hydrogens is 258 g/mol. The summed E-state index contributed by atoms with van der Waals surface area (Å²) in [6.45, 7) is 6.22. The molecule has 0 aliphatic rings. The number of aromatic nitrogens is 1. The molecule has 0 saturated heterocycles. The summed E-state index contributed by atoms with van der Waals surface area (Å²) in [6, 6.07) is 5.60. The topological polar surface area (TPSA) is 90.4 Å². The fourth-order valence-electron chi connectivity index (χ4n) is 2.10. The average Bonchev–Trinajstić information content (AvgIpc) is 2.85. The predicted molar refractivity (Wildman–Crippen MR) is 73.1 cm³/mol. The number of hydrazine groups is 1. The second-order valence-corrected chi connectivity index (χ2v) is 4.67. The molecule has 1 heterocycles. The van der Waals surface area contributed by atoms with Crippen LogP contribution in [0.1, 0.15) is 32.9 Å². The number of hydrogen-bond acceptors (Lipinski definition) is 5. The quantitative estimate of drug-likeness (QED) is 0.504. The Morgan fingerprint density at radius 2 is 1.95 bits per heavy atom. The number of nitrogen functional groups attached to an aromatic ring is 1. The highest BCUT2D eigenvalue weighted by Crippen LogP contribution is 2.25. The van der Waals surface area contributed by atoms with Crippen LogP contribution in [-0.4, -0.2) is 11.1 Å². The van der Waals surface area contributed by atoms with Crippen molar-refractivity contribution in [1.82, 2.24) is 10.6 Å². The number of nitrogens with one attached hydrogen (secondary N) is 1. The van der Waals surface area contributed by atoms with Crippen LogP contribution in [0.25, 0.3) is 0 Å². The van der Waals surface area contributed by atoms with E-state index in [-0.39, 0.29) is 12.3 Å². The minimum absolute atomic E-state index is 0.128. The van der Waals surface area contributed by atoms with Crippen molar-refractivity contribution < 1.29 is 14.1 Å². The van der Waals surface area contributed by atoms with Gasteiger partial charge in [-0.05, 0) is 31.9 Å². The molecule has 2 aromatic rings. The van der Waals surface area contributed by atoms with Gasteiger partial charge in [0.1, 0.15) is 12.4 Å². The van der Waals surface area contributed by atoms with Gasteiger partial charge in [0.05, 0.1) is 0 Å². The largest absolute Gasteiger partial charge is 0.485 e. The normalized spacial score (nSPS) is 10.4. The third-order valence-electron chi connectivity index (χ3n) is 2.89. The van der Waals surface area contributed by atoms with Gasteiger partial charge in [-0.25, -0.2) is 5.84 Å². The Hall–Kier alpha value is -2.34. The molecule has 0 saturated carbocycles. The molecule has 0 aliphatic heterocycles. The maximum atomic E-state index is 11.2. The van der Waals surface area contributed by atoms with E-state index in [9.17, 15) is 4.79 Å². The van der Waals surface area contributed by atoms with Gasteiger partial charge in [0.15, 0.2) is 11.5 Å². The Labute approximate surface area is 116 Å². The number of amides is 1. The number of hydrogen-bond donors (Lipinski definition) is 2. The Kier molecular flexibility index (Phi) is 4.05. The number of ether oxygens (including phenoxy) is 1. The highest BCUT2D eigenvalue weighted by molar-refractivity contribution is 5.91. The smallest absolute Gasteiger partial charge is 0.287 e. The fraction of sp³-hybridized carbons (Fsp3) is 0.286. The number of nitrogens with zero attached hydrogens (tertiary/aromatic N) is 1. The molecule has 1 aromatic carbocycles. The van der Waals surface area contributed by atoms with Crippen molar-refractivity contribution in [2.45, 2.75) is 27.4 Å². The van der Waals surface area contributed by atoms with Crippen LogP contribution in [0.4, 0.5) is 0 Å². The molecule has 1 aromatic heterocycles. The summed E-state index contributed by atoms with van der Waals surface area (Å²) in [5.41, 5.74) is 5.42. The SMILES string of the molecule is Cc1cc(C)c(OCc2cc(C(=O)NN)no2)c(C)c1. The highest BCUT2D eigenvalue weighted by atomic mass is 16.5. The van der Waals surface area contributed by atoms with E-state index < -0.39 is 5.91 Å². The first-order chi connectivity index (χ1) is 9.51. The molecule has 0 radical (unpaired) electrons. The lowest BCUT2D eigenvalue weighted by atomic mass is 10.1. The maximum absolute atomic E-state index is 11.2. The molecule has 0 unspecified atom stereocenters. The Bertz CT molecular complexity index is 611. The van der Waals surface area contributed by atoms with Crippen molar-refractivity contribution in [2.75, 3.05) is 0 Å². The van der Waals surface area contributed by atoms with Crippen LogP contribution in [0.15, 0.2) is 22.7 Å². The lowest BCUT2D eigenvalue weighted by molar-refractivity contribution is 0.0944. The fourth-order valence-corrected chi connectivity index (χ4v) is 2.10. The van der Waals surface area contributed by atoms with Crippen molar-refractivity contribution in [3.63, 3.8) is 0 Å². The number of nitrogens with two attached hydrogens (primary N) is 1. The zero-order chi connectivity index (χ0) is 14.7. The van der Waals surface area contributed by atoms with E-state index in [4.69, 9.17) is 15.1 Å². The summed E-state index contributed by atoms with van der Waals surface area (Å²) >= 11 is 0. The first-order valence-electron chi connectivity index (χ1n) is 6.18. The molecule has 0 fully saturated rings. The van der Waals surface area contributed by atoms with Crippen LogP contribution < -0.4 is 16.0 Å². The van der Waals surface area contributed by atoms with Gasteiger partial charge >= 0.3 is 0 Å². The van der Waals surface area contributed by atoms with Gasteiger partial charge in [-0.1, -0.05) is 22.9 Å². The molecule has 20 heavy (non-hydrogen) atoms. The molecule has 0 bridgehead atoms. The van der Waals surface area contributed by atoms with Gasteiger partial charge < -0.3 is 9.26 Å².